The van der Waals surface area contributed by atoms with Crippen LogP contribution in [0, 0.1) is 0 Å². The first kappa shape index (κ1) is 9.93. The van der Waals surface area contributed by atoms with Gasteiger partial charge in [-0.2, -0.15) is 0 Å². The van der Waals surface area contributed by atoms with Crippen molar-refractivity contribution in [3.63, 3.8) is 0 Å². The van der Waals surface area contributed by atoms with Crippen LogP contribution in [0.3, 0.4) is 0 Å². The number of hydrogen-bond acceptors (Lipinski definition) is 2. The molecule has 2 nitrogen and oxygen atoms in total. The molecule has 1 fully saturated rings. The standard InChI is InChI=1S/C9H18FNO/c1-9(2,12)7-11-5-3-4-8(10)6-11/h8,12H,3-7H2,1-2H3. The number of alkyl halides is 1. The lowest BCUT2D eigenvalue weighted by Gasteiger charge is -2.33. The summed E-state index contributed by atoms with van der Waals surface area (Å²) in [5, 5.41) is 9.49. The molecule has 72 valence electrons. The third kappa shape index (κ3) is 3.50. The van der Waals surface area contributed by atoms with Crippen molar-refractivity contribution in [1.29, 1.82) is 0 Å². The molecule has 12 heavy (non-hydrogen) atoms. The average Bonchev–Trinajstić information content (AvgIpc) is 1.82. The predicted octanol–water partition coefficient (Wildman–Crippen LogP) is 1.19. The average molecular weight is 175 g/mol. The summed E-state index contributed by atoms with van der Waals surface area (Å²) >= 11 is 0. The van der Waals surface area contributed by atoms with Gasteiger partial charge in [0.1, 0.15) is 6.17 Å². The fraction of sp³-hybridized carbons (Fsp3) is 1.00. The Balaban J connectivity index is 2.32. The Hall–Kier alpha value is -0.150. The largest absolute Gasteiger partial charge is 0.389 e. The topological polar surface area (TPSA) is 23.5 Å². The minimum atomic E-state index is -0.697. The molecule has 1 saturated heterocycles. The van der Waals surface area contributed by atoms with Gasteiger partial charge in [-0.25, -0.2) is 4.39 Å². The van der Waals surface area contributed by atoms with E-state index in [4.69, 9.17) is 0 Å². The molecule has 0 radical (unpaired) electrons. The molecule has 1 rings (SSSR count). The van der Waals surface area contributed by atoms with Gasteiger partial charge in [-0.05, 0) is 33.2 Å². The minimum absolute atomic E-state index is 0.490. The highest BCUT2D eigenvalue weighted by Crippen LogP contribution is 2.15. The van der Waals surface area contributed by atoms with E-state index in [0.717, 1.165) is 13.0 Å². The molecule has 0 aromatic carbocycles. The zero-order valence-corrected chi connectivity index (χ0v) is 7.89. The number of rotatable bonds is 2. The second-order valence-corrected chi connectivity index (χ2v) is 4.29. The van der Waals surface area contributed by atoms with Gasteiger partial charge in [0, 0.05) is 13.1 Å². The van der Waals surface area contributed by atoms with Crippen molar-refractivity contribution in [2.45, 2.75) is 38.5 Å². The maximum absolute atomic E-state index is 12.9. The van der Waals surface area contributed by atoms with Crippen molar-refractivity contribution < 1.29 is 9.50 Å². The second-order valence-electron chi connectivity index (χ2n) is 4.29. The summed E-state index contributed by atoms with van der Waals surface area (Å²) in [4.78, 5) is 1.99. The lowest BCUT2D eigenvalue weighted by Crippen LogP contribution is -2.44. The van der Waals surface area contributed by atoms with Crippen molar-refractivity contribution in [3.8, 4) is 0 Å². The van der Waals surface area contributed by atoms with Crippen LogP contribution in [-0.4, -0.2) is 41.4 Å². The van der Waals surface area contributed by atoms with Gasteiger partial charge in [0.2, 0.25) is 0 Å². The van der Waals surface area contributed by atoms with Crippen LogP contribution in [0.25, 0.3) is 0 Å². The van der Waals surface area contributed by atoms with Gasteiger partial charge < -0.3 is 5.11 Å². The van der Waals surface area contributed by atoms with Gasteiger partial charge >= 0.3 is 0 Å². The van der Waals surface area contributed by atoms with Crippen molar-refractivity contribution in [1.82, 2.24) is 4.90 Å². The number of likely N-dealkylation sites (tertiary alicyclic amines) is 1. The Labute approximate surface area is 73.4 Å². The number of β-amino-alcohol motifs (C(OH)–C–C–N with tert-alkyl or cyclic N) is 1. The summed E-state index contributed by atoms with van der Waals surface area (Å²) in [6, 6.07) is 0. The Morgan fingerprint density at radius 1 is 1.58 bits per heavy atom. The van der Waals surface area contributed by atoms with Crippen molar-refractivity contribution in [3.05, 3.63) is 0 Å². The summed E-state index contributed by atoms with van der Waals surface area (Å²) in [5.74, 6) is 0. The smallest absolute Gasteiger partial charge is 0.113 e. The van der Waals surface area contributed by atoms with Gasteiger partial charge in [-0.1, -0.05) is 0 Å². The van der Waals surface area contributed by atoms with E-state index in [1.54, 1.807) is 13.8 Å². The van der Waals surface area contributed by atoms with Gasteiger partial charge in [-0.15, -0.1) is 0 Å². The third-order valence-corrected chi connectivity index (χ3v) is 2.06. The number of nitrogens with zero attached hydrogens (tertiary/aromatic N) is 1. The summed E-state index contributed by atoms with van der Waals surface area (Å²) < 4.78 is 12.9. The van der Waals surface area contributed by atoms with Gasteiger partial charge in [0.25, 0.3) is 0 Å². The van der Waals surface area contributed by atoms with Crippen LogP contribution in [0.15, 0.2) is 0 Å². The molecular formula is C9H18FNO. The van der Waals surface area contributed by atoms with Crippen LogP contribution in [-0.2, 0) is 0 Å². The van der Waals surface area contributed by atoms with Gasteiger partial charge in [0.15, 0.2) is 0 Å². The summed E-state index contributed by atoms with van der Waals surface area (Å²) in [6.07, 6.45) is 0.903. The predicted molar refractivity (Wildman–Crippen MR) is 46.9 cm³/mol. The maximum atomic E-state index is 12.9. The first-order valence-electron chi connectivity index (χ1n) is 4.56. The van der Waals surface area contributed by atoms with Crippen LogP contribution in [0.2, 0.25) is 0 Å². The molecule has 1 unspecified atom stereocenters. The third-order valence-electron chi connectivity index (χ3n) is 2.06. The van der Waals surface area contributed by atoms with Crippen molar-refractivity contribution >= 4 is 0 Å². The van der Waals surface area contributed by atoms with Crippen LogP contribution in [0.1, 0.15) is 26.7 Å². The second kappa shape index (κ2) is 3.71. The molecule has 0 aromatic rings. The lowest BCUT2D eigenvalue weighted by atomic mass is 10.1. The summed E-state index contributed by atoms with van der Waals surface area (Å²) in [5.41, 5.74) is -0.697. The first-order valence-corrected chi connectivity index (χ1v) is 4.56. The quantitative estimate of drug-likeness (QED) is 0.681. The Morgan fingerprint density at radius 3 is 2.75 bits per heavy atom. The van der Waals surface area contributed by atoms with Crippen molar-refractivity contribution in [2.24, 2.45) is 0 Å². The molecule has 0 aromatic heterocycles. The number of aliphatic hydroxyl groups is 1. The van der Waals surface area contributed by atoms with E-state index in [1.165, 1.54) is 0 Å². The summed E-state index contributed by atoms with van der Waals surface area (Å²) in [6.45, 7) is 5.51. The first-order chi connectivity index (χ1) is 5.47. The Kier molecular flexibility index (Phi) is 3.07. The molecule has 1 N–H and O–H groups in total. The number of piperidine rings is 1. The minimum Gasteiger partial charge on any atom is -0.389 e. The van der Waals surface area contributed by atoms with Crippen LogP contribution in [0.5, 0.6) is 0 Å². The fourth-order valence-electron chi connectivity index (χ4n) is 1.69. The molecule has 0 aliphatic carbocycles. The molecule has 1 atom stereocenters. The molecule has 0 amide bonds. The summed E-state index contributed by atoms with van der Waals surface area (Å²) in [7, 11) is 0. The van der Waals surface area contributed by atoms with Crippen molar-refractivity contribution in [2.75, 3.05) is 19.6 Å². The molecule has 1 aliphatic heterocycles. The van der Waals surface area contributed by atoms with E-state index in [0.29, 0.717) is 19.5 Å². The normalized spacial score (nSPS) is 27.5. The fourth-order valence-corrected chi connectivity index (χ4v) is 1.69. The molecule has 3 heteroatoms. The monoisotopic (exact) mass is 175 g/mol. The van der Waals surface area contributed by atoms with Gasteiger partial charge in [0.05, 0.1) is 5.60 Å². The molecule has 0 bridgehead atoms. The van der Waals surface area contributed by atoms with E-state index in [2.05, 4.69) is 0 Å². The van der Waals surface area contributed by atoms with E-state index < -0.39 is 11.8 Å². The van der Waals surface area contributed by atoms with E-state index in [-0.39, 0.29) is 0 Å². The lowest BCUT2D eigenvalue weighted by molar-refractivity contribution is 0.0173. The highest BCUT2D eigenvalue weighted by Gasteiger charge is 2.23. The SMILES string of the molecule is CC(C)(O)CN1CCCC(F)C1. The van der Waals surface area contributed by atoms with Crippen LogP contribution in [0.4, 0.5) is 4.39 Å². The highest BCUT2D eigenvalue weighted by atomic mass is 19.1. The highest BCUT2D eigenvalue weighted by molar-refractivity contribution is 4.78. The van der Waals surface area contributed by atoms with Crippen LogP contribution < -0.4 is 0 Å². The molecule has 0 spiro atoms. The zero-order chi connectivity index (χ0) is 9.19. The zero-order valence-electron chi connectivity index (χ0n) is 7.89. The Bertz CT molecular complexity index is 144. The van der Waals surface area contributed by atoms with Gasteiger partial charge in [-0.3, -0.25) is 4.90 Å². The van der Waals surface area contributed by atoms with Crippen LogP contribution >= 0.6 is 0 Å². The molecule has 0 saturated carbocycles. The number of halogens is 1. The van der Waals surface area contributed by atoms with E-state index in [9.17, 15) is 9.50 Å². The van der Waals surface area contributed by atoms with E-state index >= 15 is 0 Å². The molecule has 1 heterocycles. The maximum Gasteiger partial charge on any atom is 0.113 e. The number of hydrogen-bond donors (Lipinski definition) is 1. The Morgan fingerprint density at radius 2 is 2.25 bits per heavy atom. The molecule has 1 aliphatic rings. The molecular weight excluding hydrogens is 157 g/mol. The van der Waals surface area contributed by atoms with E-state index in [1.807, 2.05) is 4.90 Å².